The number of nitrogens with two attached hydrogens (primary N) is 1. The SMILES string of the molecule is Nc1c(F)c(F)c(-c2ccc(-c3ccc(OC(F)(F)F)cc3)cc2)c(F)c1F. The molecule has 0 amide bonds. The van der Waals surface area contributed by atoms with Crippen molar-refractivity contribution < 1.29 is 35.5 Å². The minimum absolute atomic E-state index is 0.145. The summed E-state index contributed by atoms with van der Waals surface area (Å²) in [6.07, 6.45) is -4.82. The fourth-order valence-electron chi connectivity index (χ4n) is 2.58. The lowest BCUT2D eigenvalue weighted by molar-refractivity contribution is -0.274. The molecule has 0 saturated heterocycles. The number of alkyl halides is 3. The van der Waals surface area contributed by atoms with E-state index in [-0.39, 0.29) is 5.56 Å². The molecular formula is C19H10F7NO. The summed E-state index contributed by atoms with van der Waals surface area (Å²) in [5.41, 5.74) is 3.63. The number of hydrogen-bond donors (Lipinski definition) is 1. The largest absolute Gasteiger partial charge is 0.573 e. The smallest absolute Gasteiger partial charge is 0.406 e. The molecular weight excluding hydrogens is 391 g/mol. The summed E-state index contributed by atoms with van der Waals surface area (Å²) in [6.45, 7) is 0. The Morgan fingerprint density at radius 2 is 1.00 bits per heavy atom. The van der Waals surface area contributed by atoms with Crippen LogP contribution in [-0.4, -0.2) is 6.36 Å². The van der Waals surface area contributed by atoms with Crippen molar-refractivity contribution in [3.8, 4) is 28.0 Å². The Balaban J connectivity index is 1.93. The summed E-state index contributed by atoms with van der Waals surface area (Å²) >= 11 is 0. The fraction of sp³-hybridized carbons (Fsp3) is 0.0526. The summed E-state index contributed by atoms with van der Waals surface area (Å²) in [7, 11) is 0. The second kappa shape index (κ2) is 7.06. The van der Waals surface area contributed by atoms with Crippen LogP contribution in [0.1, 0.15) is 0 Å². The number of nitrogen functional groups attached to an aromatic ring is 1. The minimum Gasteiger partial charge on any atom is -0.406 e. The average Bonchev–Trinajstić information content (AvgIpc) is 2.65. The van der Waals surface area contributed by atoms with Crippen LogP contribution in [0.5, 0.6) is 5.75 Å². The molecule has 0 aliphatic carbocycles. The topological polar surface area (TPSA) is 35.2 Å². The highest BCUT2D eigenvalue weighted by molar-refractivity contribution is 5.72. The molecule has 2 N–H and O–H groups in total. The van der Waals surface area contributed by atoms with Gasteiger partial charge in [-0.15, -0.1) is 13.2 Å². The van der Waals surface area contributed by atoms with E-state index in [1.807, 2.05) is 0 Å². The number of benzene rings is 3. The summed E-state index contributed by atoms with van der Waals surface area (Å²) < 4.78 is 95.6. The first-order valence-corrected chi connectivity index (χ1v) is 7.66. The van der Waals surface area contributed by atoms with Crippen molar-refractivity contribution in [2.75, 3.05) is 5.73 Å². The average molecular weight is 401 g/mol. The number of anilines is 1. The zero-order chi connectivity index (χ0) is 20.6. The number of rotatable bonds is 3. The lowest BCUT2D eigenvalue weighted by atomic mass is 9.99. The molecule has 9 heteroatoms. The van der Waals surface area contributed by atoms with Crippen LogP contribution >= 0.6 is 0 Å². The van der Waals surface area contributed by atoms with E-state index in [1.54, 1.807) is 0 Å². The van der Waals surface area contributed by atoms with Gasteiger partial charge in [-0.3, -0.25) is 0 Å². The van der Waals surface area contributed by atoms with Gasteiger partial charge in [0.05, 0.1) is 5.56 Å². The molecule has 3 aromatic carbocycles. The van der Waals surface area contributed by atoms with Crippen LogP contribution in [-0.2, 0) is 0 Å². The van der Waals surface area contributed by atoms with Gasteiger partial charge in [0.1, 0.15) is 11.4 Å². The molecule has 0 saturated carbocycles. The molecule has 2 nitrogen and oxygen atoms in total. The molecule has 0 fully saturated rings. The van der Waals surface area contributed by atoms with Crippen LogP contribution in [0, 0.1) is 23.3 Å². The van der Waals surface area contributed by atoms with Gasteiger partial charge in [0.2, 0.25) is 0 Å². The second-order valence-electron chi connectivity index (χ2n) is 5.69. The first-order valence-electron chi connectivity index (χ1n) is 7.66. The molecule has 0 bridgehead atoms. The van der Waals surface area contributed by atoms with Gasteiger partial charge in [0, 0.05) is 0 Å². The van der Waals surface area contributed by atoms with E-state index in [2.05, 4.69) is 4.74 Å². The number of hydrogen-bond acceptors (Lipinski definition) is 2. The van der Waals surface area contributed by atoms with E-state index in [9.17, 15) is 30.7 Å². The standard InChI is InChI=1S/C19H10F7NO/c20-14-13(15(21)17(23)18(27)16(14)22)11-3-1-9(2-4-11)10-5-7-12(8-6-10)28-19(24,25)26/h1-8H,27H2. The van der Waals surface area contributed by atoms with E-state index in [0.29, 0.717) is 11.1 Å². The first kappa shape index (κ1) is 19.5. The Labute approximate surface area is 154 Å². The van der Waals surface area contributed by atoms with Crippen molar-refractivity contribution in [2.24, 2.45) is 0 Å². The maximum atomic E-state index is 14.0. The zero-order valence-electron chi connectivity index (χ0n) is 13.8. The predicted molar refractivity (Wildman–Crippen MR) is 88.2 cm³/mol. The van der Waals surface area contributed by atoms with E-state index in [4.69, 9.17) is 5.73 Å². The molecule has 28 heavy (non-hydrogen) atoms. The quantitative estimate of drug-likeness (QED) is 0.329. The molecule has 0 spiro atoms. The van der Waals surface area contributed by atoms with Crippen LogP contribution in [0.2, 0.25) is 0 Å². The van der Waals surface area contributed by atoms with Crippen molar-refractivity contribution in [2.45, 2.75) is 6.36 Å². The molecule has 3 rings (SSSR count). The molecule has 0 atom stereocenters. The number of halogens is 7. The lowest BCUT2D eigenvalue weighted by Crippen LogP contribution is -2.16. The van der Waals surface area contributed by atoms with E-state index < -0.39 is 46.6 Å². The van der Waals surface area contributed by atoms with Crippen molar-refractivity contribution >= 4 is 5.69 Å². The third-order valence-corrected chi connectivity index (χ3v) is 3.89. The third kappa shape index (κ3) is 3.73. The first-order chi connectivity index (χ1) is 13.1. The van der Waals surface area contributed by atoms with Gasteiger partial charge in [-0.2, -0.15) is 0 Å². The fourth-order valence-corrected chi connectivity index (χ4v) is 2.58. The van der Waals surface area contributed by atoms with E-state index >= 15 is 0 Å². The summed E-state index contributed by atoms with van der Waals surface area (Å²) in [5.74, 6) is -7.06. The minimum atomic E-state index is -4.82. The highest BCUT2D eigenvalue weighted by Crippen LogP contribution is 2.34. The molecule has 0 aliphatic rings. The molecule has 0 radical (unpaired) electrons. The maximum Gasteiger partial charge on any atom is 0.573 e. The van der Waals surface area contributed by atoms with Crippen molar-refractivity contribution in [1.29, 1.82) is 0 Å². The van der Waals surface area contributed by atoms with E-state index in [0.717, 1.165) is 12.1 Å². The number of ether oxygens (including phenoxy) is 1. The van der Waals surface area contributed by atoms with Crippen molar-refractivity contribution in [3.63, 3.8) is 0 Å². The molecule has 0 aromatic heterocycles. The van der Waals surface area contributed by atoms with Gasteiger partial charge in [-0.05, 0) is 28.8 Å². The van der Waals surface area contributed by atoms with Gasteiger partial charge < -0.3 is 10.5 Å². The Morgan fingerprint density at radius 3 is 1.43 bits per heavy atom. The van der Waals surface area contributed by atoms with Crippen LogP contribution in [0.4, 0.5) is 36.4 Å². The van der Waals surface area contributed by atoms with Crippen LogP contribution < -0.4 is 10.5 Å². The summed E-state index contributed by atoms with van der Waals surface area (Å²) in [6, 6.07) is 10.1. The molecule has 0 aliphatic heterocycles. The summed E-state index contributed by atoms with van der Waals surface area (Å²) in [4.78, 5) is 0. The van der Waals surface area contributed by atoms with Crippen molar-refractivity contribution in [3.05, 3.63) is 71.8 Å². The molecule has 146 valence electrons. The highest BCUT2D eigenvalue weighted by atomic mass is 19.4. The van der Waals surface area contributed by atoms with Gasteiger partial charge in [0.25, 0.3) is 0 Å². The van der Waals surface area contributed by atoms with Gasteiger partial charge in [0.15, 0.2) is 23.3 Å². The second-order valence-corrected chi connectivity index (χ2v) is 5.69. The third-order valence-electron chi connectivity index (χ3n) is 3.89. The molecule has 0 unspecified atom stereocenters. The Morgan fingerprint density at radius 1 is 0.607 bits per heavy atom. The highest BCUT2D eigenvalue weighted by Gasteiger charge is 2.31. The zero-order valence-corrected chi connectivity index (χ0v) is 13.8. The molecule has 0 heterocycles. The monoisotopic (exact) mass is 401 g/mol. The van der Waals surface area contributed by atoms with Gasteiger partial charge in [-0.25, -0.2) is 17.6 Å². The lowest BCUT2D eigenvalue weighted by Gasteiger charge is -2.11. The van der Waals surface area contributed by atoms with E-state index in [1.165, 1.54) is 36.4 Å². The predicted octanol–water partition coefficient (Wildman–Crippen LogP) is 6.06. The normalized spacial score (nSPS) is 11.5. The Kier molecular flexibility index (Phi) is 4.93. The van der Waals surface area contributed by atoms with Crippen LogP contribution in [0.15, 0.2) is 48.5 Å². The van der Waals surface area contributed by atoms with Crippen LogP contribution in [0.3, 0.4) is 0 Å². The van der Waals surface area contributed by atoms with Crippen molar-refractivity contribution in [1.82, 2.24) is 0 Å². The maximum absolute atomic E-state index is 14.0. The van der Waals surface area contributed by atoms with Gasteiger partial charge >= 0.3 is 6.36 Å². The Hall–Kier alpha value is -3.23. The summed E-state index contributed by atoms with van der Waals surface area (Å²) in [5, 5.41) is 0. The molecule has 3 aromatic rings. The van der Waals surface area contributed by atoms with Gasteiger partial charge in [-0.1, -0.05) is 36.4 Å². The van der Waals surface area contributed by atoms with Crippen LogP contribution in [0.25, 0.3) is 22.3 Å². The Bertz CT molecular complexity index is 983.